The lowest BCUT2D eigenvalue weighted by molar-refractivity contribution is -0.132. The van der Waals surface area contributed by atoms with Crippen molar-refractivity contribution in [2.75, 3.05) is 18.1 Å². The largest absolute Gasteiger partial charge is 0.507 e. The van der Waals surface area contributed by atoms with Gasteiger partial charge in [0.25, 0.3) is 11.7 Å². The summed E-state index contributed by atoms with van der Waals surface area (Å²) >= 11 is 6.10. The minimum Gasteiger partial charge on any atom is -0.507 e. The van der Waals surface area contributed by atoms with Gasteiger partial charge in [-0.1, -0.05) is 29.8 Å². The molecule has 0 spiro atoms. The second kappa shape index (κ2) is 10.2. The zero-order valence-corrected chi connectivity index (χ0v) is 20.5. The third-order valence-corrected chi connectivity index (χ3v) is 6.04. The van der Waals surface area contributed by atoms with E-state index >= 15 is 0 Å². The summed E-state index contributed by atoms with van der Waals surface area (Å²) in [5.41, 5.74) is 2.35. The molecule has 1 amide bonds. The van der Waals surface area contributed by atoms with Crippen LogP contribution in [0.1, 0.15) is 36.6 Å². The van der Waals surface area contributed by atoms with E-state index in [-0.39, 0.29) is 11.3 Å². The Kier molecular flexibility index (Phi) is 7.12. The number of rotatable bonds is 7. The zero-order valence-electron chi connectivity index (χ0n) is 19.7. The second-order valence-electron chi connectivity index (χ2n) is 8.06. The molecular formula is C28H26ClNO5. The van der Waals surface area contributed by atoms with E-state index in [1.807, 2.05) is 20.8 Å². The highest BCUT2D eigenvalue weighted by atomic mass is 35.5. The predicted octanol–water partition coefficient (Wildman–Crippen LogP) is 6.07. The molecule has 3 aromatic rings. The second-order valence-corrected chi connectivity index (χ2v) is 8.50. The molecule has 1 N–H and O–H groups in total. The molecule has 1 unspecified atom stereocenters. The van der Waals surface area contributed by atoms with E-state index in [9.17, 15) is 14.7 Å². The first-order chi connectivity index (χ1) is 16.8. The van der Waals surface area contributed by atoms with E-state index in [1.54, 1.807) is 66.7 Å². The number of hydrogen-bond donors (Lipinski definition) is 1. The van der Waals surface area contributed by atoms with E-state index in [2.05, 4.69) is 0 Å². The maximum atomic E-state index is 13.3. The molecule has 1 fully saturated rings. The van der Waals surface area contributed by atoms with E-state index in [4.69, 9.17) is 21.1 Å². The van der Waals surface area contributed by atoms with E-state index in [1.165, 1.54) is 4.90 Å². The van der Waals surface area contributed by atoms with Gasteiger partial charge in [-0.25, -0.2) is 0 Å². The average molecular weight is 492 g/mol. The molecule has 3 aromatic carbocycles. The molecule has 0 bridgehead atoms. The number of Topliss-reactive ketones (excluding diaryl/α,β-unsaturated/α-hetero) is 1. The maximum absolute atomic E-state index is 13.3. The Labute approximate surface area is 209 Å². The number of benzene rings is 3. The van der Waals surface area contributed by atoms with Crippen molar-refractivity contribution in [3.63, 3.8) is 0 Å². The van der Waals surface area contributed by atoms with Crippen LogP contribution in [0.4, 0.5) is 5.69 Å². The number of ether oxygens (including phenoxy) is 2. The van der Waals surface area contributed by atoms with Crippen LogP contribution in [0.15, 0.2) is 72.3 Å². The van der Waals surface area contributed by atoms with Crippen molar-refractivity contribution in [1.82, 2.24) is 0 Å². The number of aliphatic hydroxyl groups excluding tert-OH is 1. The normalized spacial score (nSPS) is 17.0. The molecular weight excluding hydrogens is 466 g/mol. The van der Waals surface area contributed by atoms with Crippen LogP contribution < -0.4 is 14.4 Å². The monoisotopic (exact) mass is 491 g/mol. The molecule has 7 heteroatoms. The van der Waals surface area contributed by atoms with E-state index in [0.717, 1.165) is 5.56 Å². The Balaban J connectivity index is 1.89. The number of nitrogens with zero attached hydrogens (tertiary/aromatic N) is 1. The van der Waals surface area contributed by atoms with Gasteiger partial charge in [-0.05, 0) is 74.4 Å². The summed E-state index contributed by atoms with van der Waals surface area (Å²) in [7, 11) is 0. The van der Waals surface area contributed by atoms with Gasteiger partial charge in [0, 0.05) is 22.3 Å². The molecule has 1 aliphatic heterocycles. The lowest BCUT2D eigenvalue weighted by Crippen LogP contribution is -2.29. The first kappa shape index (κ1) is 24.4. The smallest absolute Gasteiger partial charge is 0.300 e. The first-order valence-corrected chi connectivity index (χ1v) is 11.8. The molecule has 6 nitrogen and oxygen atoms in total. The number of anilines is 1. The first-order valence-electron chi connectivity index (χ1n) is 11.4. The number of carbonyl (C=O) groups excluding carboxylic acids is 2. The average Bonchev–Trinajstić information content (AvgIpc) is 3.11. The van der Waals surface area contributed by atoms with Gasteiger partial charge in [-0.15, -0.1) is 0 Å². The molecule has 0 aromatic heterocycles. The number of halogens is 1. The van der Waals surface area contributed by atoms with Gasteiger partial charge in [0.1, 0.15) is 17.3 Å². The van der Waals surface area contributed by atoms with Crippen LogP contribution in [0.2, 0.25) is 5.02 Å². The molecule has 1 atom stereocenters. The van der Waals surface area contributed by atoms with Crippen LogP contribution in [-0.4, -0.2) is 30.0 Å². The fraction of sp³-hybridized carbons (Fsp3) is 0.214. The van der Waals surface area contributed by atoms with E-state index < -0.39 is 17.7 Å². The molecule has 1 heterocycles. The Hall–Kier alpha value is -3.77. The van der Waals surface area contributed by atoms with Gasteiger partial charge in [-0.3, -0.25) is 14.5 Å². The lowest BCUT2D eigenvalue weighted by atomic mass is 9.94. The minimum absolute atomic E-state index is 0.00250. The highest BCUT2D eigenvalue weighted by Crippen LogP contribution is 2.43. The SMILES string of the molecule is CCOc1cccc(N2C(=O)C(=O)/C(=C(/O)c3ccc(OCC)c(C)c3)C2c2ccc(Cl)cc2)c1. The summed E-state index contributed by atoms with van der Waals surface area (Å²) in [6, 6.07) is 18.2. The molecule has 4 rings (SSSR count). The summed E-state index contributed by atoms with van der Waals surface area (Å²) in [5.74, 6) is -0.494. The van der Waals surface area contributed by atoms with Crippen molar-refractivity contribution >= 4 is 34.7 Å². The molecule has 0 radical (unpaired) electrons. The molecule has 35 heavy (non-hydrogen) atoms. The lowest BCUT2D eigenvalue weighted by Gasteiger charge is -2.26. The van der Waals surface area contributed by atoms with Crippen molar-refractivity contribution in [3.8, 4) is 11.5 Å². The Morgan fingerprint density at radius 1 is 0.971 bits per heavy atom. The molecule has 1 aliphatic rings. The van der Waals surface area contributed by atoms with Crippen molar-refractivity contribution < 1.29 is 24.2 Å². The Morgan fingerprint density at radius 2 is 1.69 bits per heavy atom. The summed E-state index contributed by atoms with van der Waals surface area (Å²) in [6.45, 7) is 6.58. The predicted molar refractivity (Wildman–Crippen MR) is 136 cm³/mol. The van der Waals surface area contributed by atoms with Gasteiger partial charge in [0.05, 0.1) is 24.8 Å². The van der Waals surface area contributed by atoms with Crippen LogP contribution >= 0.6 is 11.6 Å². The fourth-order valence-corrected chi connectivity index (χ4v) is 4.34. The van der Waals surface area contributed by atoms with Gasteiger partial charge < -0.3 is 14.6 Å². The number of hydrogen-bond acceptors (Lipinski definition) is 5. The zero-order chi connectivity index (χ0) is 25.1. The topological polar surface area (TPSA) is 76.1 Å². The number of aryl methyl sites for hydroxylation is 1. The van der Waals surface area contributed by atoms with Crippen LogP contribution in [0.3, 0.4) is 0 Å². The van der Waals surface area contributed by atoms with Crippen molar-refractivity contribution in [3.05, 3.63) is 94.0 Å². The van der Waals surface area contributed by atoms with Crippen LogP contribution in [0, 0.1) is 6.92 Å². The fourth-order valence-electron chi connectivity index (χ4n) is 4.22. The number of aliphatic hydroxyl groups is 1. The Morgan fingerprint density at radius 3 is 2.34 bits per heavy atom. The van der Waals surface area contributed by atoms with Gasteiger partial charge in [-0.2, -0.15) is 0 Å². The molecule has 180 valence electrons. The highest BCUT2D eigenvalue weighted by molar-refractivity contribution is 6.51. The maximum Gasteiger partial charge on any atom is 0.300 e. The van der Waals surface area contributed by atoms with Gasteiger partial charge >= 0.3 is 0 Å². The van der Waals surface area contributed by atoms with Crippen LogP contribution in [0.25, 0.3) is 5.76 Å². The van der Waals surface area contributed by atoms with Gasteiger partial charge in [0.15, 0.2) is 0 Å². The third kappa shape index (κ3) is 4.75. The van der Waals surface area contributed by atoms with Gasteiger partial charge in [0.2, 0.25) is 0 Å². The summed E-state index contributed by atoms with van der Waals surface area (Å²) in [6.07, 6.45) is 0. The Bertz CT molecular complexity index is 1300. The van der Waals surface area contributed by atoms with Crippen molar-refractivity contribution in [2.45, 2.75) is 26.8 Å². The number of carbonyl (C=O) groups is 2. The molecule has 0 aliphatic carbocycles. The van der Waals surface area contributed by atoms with E-state index in [0.29, 0.717) is 46.5 Å². The standard InChI is InChI=1S/C28H26ClNO5/c1-4-34-22-8-6-7-21(16-22)30-25(18-9-12-20(29)13-10-18)24(27(32)28(30)33)26(31)19-11-14-23(35-5-2)17(3)15-19/h6-16,25,31H,4-5H2,1-3H3/b26-24+. The highest BCUT2D eigenvalue weighted by Gasteiger charge is 2.47. The summed E-state index contributed by atoms with van der Waals surface area (Å²) in [5, 5.41) is 11.9. The summed E-state index contributed by atoms with van der Waals surface area (Å²) in [4.78, 5) is 28.0. The van der Waals surface area contributed by atoms with Crippen LogP contribution in [0.5, 0.6) is 11.5 Å². The number of amides is 1. The number of ketones is 1. The quantitative estimate of drug-likeness (QED) is 0.246. The molecule has 1 saturated heterocycles. The molecule has 0 saturated carbocycles. The third-order valence-electron chi connectivity index (χ3n) is 5.79. The summed E-state index contributed by atoms with van der Waals surface area (Å²) < 4.78 is 11.2. The van der Waals surface area contributed by atoms with Crippen molar-refractivity contribution in [1.29, 1.82) is 0 Å². The van der Waals surface area contributed by atoms with Crippen molar-refractivity contribution in [2.24, 2.45) is 0 Å². The van der Waals surface area contributed by atoms with Crippen LogP contribution in [-0.2, 0) is 9.59 Å². The minimum atomic E-state index is -0.851.